The Kier molecular flexibility index (Phi) is 4.44. The van der Waals surface area contributed by atoms with Crippen LogP contribution >= 0.6 is 15.9 Å². The van der Waals surface area contributed by atoms with E-state index in [1.54, 1.807) is 18.2 Å². The molecular weight excluding hydrogens is 335 g/mol. The van der Waals surface area contributed by atoms with Gasteiger partial charge in [-0.25, -0.2) is 13.2 Å². The molecule has 0 aliphatic heterocycles. The molecule has 0 spiro atoms. The number of halogens is 4. The fourth-order valence-electron chi connectivity index (χ4n) is 1.61. The Morgan fingerprint density at radius 3 is 2.45 bits per heavy atom. The minimum absolute atomic E-state index is 0.138. The molecule has 1 N–H and O–H groups in total. The first-order valence-electron chi connectivity index (χ1n) is 5.66. The van der Waals surface area contributed by atoms with Gasteiger partial charge in [-0.2, -0.15) is 0 Å². The molecule has 0 saturated carbocycles. The quantitative estimate of drug-likeness (QED) is 0.844. The van der Waals surface area contributed by atoms with Crippen LogP contribution in [0.2, 0.25) is 0 Å². The molecule has 0 saturated heterocycles. The Morgan fingerprint density at radius 1 is 1.05 bits per heavy atom. The average molecular weight is 344 g/mol. The van der Waals surface area contributed by atoms with E-state index < -0.39 is 28.9 Å². The molecule has 0 radical (unpaired) electrons. The molecule has 0 fully saturated rings. The van der Waals surface area contributed by atoms with Gasteiger partial charge in [0.2, 0.25) is 0 Å². The summed E-state index contributed by atoms with van der Waals surface area (Å²) in [5, 5.41) is 2.45. The van der Waals surface area contributed by atoms with E-state index in [1.165, 1.54) is 0 Å². The maximum atomic E-state index is 13.4. The minimum Gasteiger partial charge on any atom is -0.348 e. The molecule has 0 atom stereocenters. The first-order chi connectivity index (χ1) is 9.50. The smallest absolute Gasteiger partial charge is 0.254 e. The van der Waals surface area contributed by atoms with E-state index in [1.807, 2.05) is 6.07 Å². The maximum Gasteiger partial charge on any atom is 0.254 e. The van der Waals surface area contributed by atoms with Crippen LogP contribution in [0.15, 0.2) is 40.9 Å². The molecule has 6 heteroatoms. The lowest BCUT2D eigenvalue weighted by molar-refractivity contribution is 0.0945. The predicted octanol–water partition coefficient (Wildman–Crippen LogP) is 3.80. The highest BCUT2D eigenvalue weighted by Gasteiger charge is 2.18. The molecule has 0 heterocycles. The summed E-state index contributed by atoms with van der Waals surface area (Å²) in [5.74, 6) is -5.28. The summed E-state index contributed by atoms with van der Waals surface area (Å²) < 4.78 is 40.0. The standard InChI is InChI=1S/C14H9BrF3NO/c15-10-4-2-1-3-8(10)7-19-14(20)9-5-6-11(16)13(18)12(9)17/h1-6H,7H2,(H,19,20). The molecule has 2 aromatic carbocycles. The number of rotatable bonds is 3. The first-order valence-corrected chi connectivity index (χ1v) is 6.45. The summed E-state index contributed by atoms with van der Waals surface area (Å²) >= 11 is 3.30. The zero-order valence-electron chi connectivity index (χ0n) is 10.1. The van der Waals surface area contributed by atoms with Gasteiger partial charge in [0.05, 0.1) is 5.56 Å². The number of carbonyl (C=O) groups excluding carboxylic acids is 1. The predicted molar refractivity (Wildman–Crippen MR) is 71.6 cm³/mol. The molecule has 104 valence electrons. The van der Waals surface area contributed by atoms with Gasteiger partial charge in [-0.15, -0.1) is 0 Å². The van der Waals surface area contributed by atoms with Crippen molar-refractivity contribution in [3.05, 3.63) is 69.4 Å². The van der Waals surface area contributed by atoms with Crippen LogP contribution in [-0.4, -0.2) is 5.91 Å². The van der Waals surface area contributed by atoms with E-state index >= 15 is 0 Å². The second kappa shape index (κ2) is 6.09. The van der Waals surface area contributed by atoms with Gasteiger partial charge < -0.3 is 5.32 Å². The summed E-state index contributed by atoms with van der Waals surface area (Å²) in [5.41, 5.74) is 0.250. The Labute approximate surface area is 121 Å². The van der Waals surface area contributed by atoms with Crippen molar-refractivity contribution in [1.29, 1.82) is 0 Å². The Morgan fingerprint density at radius 2 is 1.75 bits per heavy atom. The SMILES string of the molecule is O=C(NCc1ccccc1Br)c1ccc(F)c(F)c1F. The lowest BCUT2D eigenvalue weighted by Crippen LogP contribution is -2.24. The molecule has 0 aromatic heterocycles. The molecular formula is C14H9BrF3NO. The van der Waals surface area contributed by atoms with Crippen LogP contribution in [0.5, 0.6) is 0 Å². The summed E-state index contributed by atoms with van der Waals surface area (Å²) in [6, 6.07) is 8.77. The van der Waals surface area contributed by atoms with Crippen molar-refractivity contribution in [1.82, 2.24) is 5.32 Å². The number of benzene rings is 2. The van der Waals surface area contributed by atoms with E-state index in [2.05, 4.69) is 21.2 Å². The maximum absolute atomic E-state index is 13.4. The third kappa shape index (κ3) is 3.01. The van der Waals surface area contributed by atoms with E-state index in [0.717, 1.165) is 16.1 Å². The Bertz CT molecular complexity index is 661. The first kappa shape index (κ1) is 14.6. The van der Waals surface area contributed by atoms with Gasteiger partial charge in [0.25, 0.3) is 5.91 Å². The van der Waals surface area contributed by atoms with Crippen molar-refractivity contribution < 1.29 is 18.0 Å². The zero-order chi connectivity index (χ0) is 14.7. The van der Waals surface area contributed by atoms with Crippen LogP contribution in [0.4, 0.5) is 13.2 Å². The van der Waals surface area contributed by atoms with Crippen LogP contribution in [0.25, 0.3) is 0 Å². The van der Waals surface area contributed by atoms with E-state index in [0.29, 0.717) is 6.07 Å². The molecule has 20 heavy (non-hydrogen) atoms. The molecule has 0 bridgehead atoms. The van der Waals surface area contributed by atoms with Crippen molar-refractivity contribution in [2.24, 2.45) is 0 Å². The van der Waals surface area contributed by atoms with Gasteiger partial charge in [-0.3, -0.25) is 4.79 Å². The molecule has 0 unspecified atom stereocenters. The zero-order valence-corrected chi connectivity index (χ0v) is 11.7. The van der Waals surface area contributed by atoms with Gasteiger partial charge in [-0.05, 0) is 23.8 Å². The topological polar surface area (TPSA) is 29.1 Å². The van der Waals surface area contributed by atoms with Crippen molar-refractivity contribution in [3.8, 4) is 0 Å². The molecule has 1 amide bonds. The van der Waals surface area contributed by atoms with Crippen LogP contribution < -0.4 is 5.32 Å². The highest BCUT2D eigenvalue weighted by molar-refractivity contribution is 9.10. The fraction of sp³-hybridized carbons (Fsp3) is 0.0714. The number of hydrogen-bond donors (Lipinski definition) is 1. The lowest BCUT2D eigenvalue weighted by Gasteiger charge is -2.08. The molecule has 0 aliphatic rings. The highest BCUT2D eigenvalue weighted by atomic mass is 79.9. The number of hydrogen-bond acceptors (Lipinski definition) is 1. The van der Waals surface area contributed by atoms with E-state index in [4.69, 9.17) is 0 Å². The average Bonchev–Trinajstić information content (AvgIpc) is 2.44. The number of nitrogens with one attached hydrogen (secondary N) is 1. The molecule has 2 aromatic rings. The minimum atomic E-state index is -1.65. The fourth-order valence-corrected chi connectivity index (χ4v) is 2.04. The summed E-state index contributed by atoms with van der Waals surface area (Å²) in [6.45, 7) is 0.138. The lowest BCUT2D eigenvalue weighted by atomic mass is 10.1. The molecule has 2 rings (SSSR count). The van der Waals surface area contributed by atoms with Crippen LogP contribution in [0.3, 0.4) is 0 Å². The van der Waals surface area contributed by atoms with Crippen molar-refractivity contribution >= 4 is 21.8 Å². The van der Waals surface area contributed by atoms with Crippen molar-refractivity contribution in [2.45, 2.75) is 6.54 Å². The van der Waals surface area contributed by atoms with Gasteiger partial charge in [0, 0.05) is 11.0 Å². The van der Waals surface area contributed by atoms with Crippen molar-refractivity contribution in [2.75, 3.05) is 0 Å². The molecule has 2 nitrogen and oxygen atoms in total. The Hall–Kier alpha value is -1.82. The second-order valence-electron chi connectivity index (χ2n) is 4.00. The normalized spacial score (nSPS) is 10.4. The van der Waals surface area contributed by atoms with E-state index in [9.17, 15) is 18.0 Å². The van der Waals surface area contributed by atoms with Gasteiger partial charge in [0.15, 0.2) is 17.5 Å². The van der Waals surface area contributed by atoms with Crippen LogP contribution in [0, 0.1) is 17.5 Å². The highest BCUT2D eigenvalue weighted by Crippen LogP contribution is 2.17. The van der Waals surface area contributed by atoms with Crippen LogP contribution in [-0.2, 0) is 6.54 Å². The summed E-state index contributed by atoms with van der Waals surface area (Å²) in [7, 11) is 0. The van der Waals surface area contributed by atoms with Crippen molar-refractivity contribution in [3.63, 3.8) is 0 Å². The van der Waals surface area contributed by atoms with Gasteiger partial charge in [0.1, 0.15) is 0 Å². The summed E-state index contributed by atoms with van der Waals surface area (Å²) in [6.07, 6.45) is 0. The third-order valence-electron chi connectivity index (χ3n) is 2.68. The van der Waals surface area contributed by atoms with E-state index in [-0.39, 0.29) is 6.54 Å². The molecule has 0 aliphatic carbocycles. The third-order valence-corrected chi connectivity index (χ3v) is 3.45. The largest absolute Gasteiger partial charge is 0.348 e. The second-order valence-corrected chi connectivity index (χ2v) is 4.85. The van der Waals surface area contributed by atoms with Crippen LogP contribution in [0.1, 0.15) is 15.9 Å². The number of carbonyl (C=O) groups is 1. The summed E-state index contributed by atoms with van der Waals surface area (Å²) in [4.78, 5) is 11.8. The monoisotopic (exact) mass is 343 g/mol. The van der Waals surface area contributed by atoms with Gasteiger partial charge >= 0.3 is 0 Å². The van der Waals surface area contributed by atoms with Gasteiger partial charge in [-0.1, -0.05) is 34.1 Å². The Balaban J connectivity index is 2.14. The number of amides is 1.